The minimum atomic E-state index is -0.577. The summed E-state index contributed by atoms with van der Waals surface area (Å²) in [5.41, 5.74) is 0.136. The fraction of sp³-hybridized carbons (Fsp3) is 0.250. The highest BCUT2D eigenvalue weighted by atomic mass is 16.5. The number of amides is 2. The Bertz CT molecular complexity index is 893. The number of hydrogen-bond donors (Lipinski definition) is 1. The van der Waals surface area contributed by atoms with Crippen LogP contribution in [-0.4, -0.2) is 39.4 Å². The number of fused-ring (bicyclic) bond motifs is 1. The highest BCUT2D eigenvalue weighted by Crippen LogP contribution is 2.21. The third kappa shape index (κ3) is 2.79. The molecule has 1 aliphatic heterocycles. The molecule has 0 saturated carbocycles. The fourth-order valence-electron chi connectivity index (χ4n) is 2.48. The van der Waals surface area contributed by atoms with Crippen molar-refractivity contribution in [1.82, 2.24) is 14.5 Å². The standard InChI is InChI=1S/C16H15N3O5/c1-10-8-18(16(23)17-13(10)20)9-24-7-6-19-14(21)11-4-2-3-5-12(11)15(19)22/h2-5,8H,6-7,9H2,1H3,(H,17,20,23). The zero-order chi connectivity index (χ0) is 17.3. The summed E-state index contributed by atoms with van der Waals surface area (Å²) in [7, 11) is 0. The van der Waals surface area contributed by atoms with E-state index in [1.165, 1.54) is 10.8 Å². The van der Waals surface area contributed by atoms with Crippen molar-refractivity contribution in [2.45, 2.75) is 13.7 Å². The minimum Gasteiger partial charge on any atom is -0.359 e. The molecule has 0 atom stereocenters. The molecule has 24 heavy (non-hydrogen) atoms. The summed E-state index contributed by atoms with van der Waals surface area (Å²) in [5, 5.41) is 0. The molecular weight excluding hydrogens is 314 g/mol. The first-order valence-corrected chi connectivity index (χ1v) is 7.32. The van der Waals surface area contributed by atoms with Crippen LogP contribution in [0.25, 0.3) is 0 Å². The van der Waals surface area contributed by atoms with Crippen LogP contribution in [0, 0.1) is 6.92 Å². The maximum absolute atomic E-state index is 12.2. The molecule has 124 valence electrons. The van der Waals surface area contributed by atoms with Gasteiger partial charge in [-0.05, 0) is 19.1 Å². The number of aromatic nitrogens is 2. The van der Waals surface area contributed by atoms with Crippen LogP contribution in [0.15, 0.2) is 40.1 Å². The normalized spacial score (nSPS) is 13.5. The van der Waals surface area contributed by atoms with E-state index in [9.17, 15) is 19.2 Å². The molecule has 8 nitrogen and oxygen atoms in total. The van der Waals surface area contributed by atoms with Gasteiger partial charge in [-0.2, -0.15) is 0 Å². The van der Waals surface area contributed by atoms with Gasteiger partial charge < -0.3 is 4.74 Å². The highest BCUT2D eigenvalue weighted by molar-refractivity contribution is 6.21. The molecule has 0 fully saturated rings. The maximum atomic E-state index is 12.2. The Morgan fingerprint density at radius 3 is 2.29 bits per heavy atom. The Morgan fingerprint density at radius 1 is 1.04 bits per heavy atom. The van der Waals surface area contributed by atoms with Crippen LogP contribution >= 0.6 is 0 Å². The molecule has 1 aromatic carbocycles. The smallest absolute Gasteiger partial charge is 0.330 e. The molecule has 0 spiro atoms. The maximum Gasteiger partial charge on any atom is 0.330 e. The van der Waals surface area contributed by atoms with Crippen LogP contribution in [0.3, 0.4) is 0 Å². The number of rotatable bonds is 5. The third-order valence-electron chi connectivity index (χ3n) is 3.76. The number of aromatic amines is 1. The fourth-order valence-corrected chi connectivity index (χ4v) is 2.48. The van der Waals surface area contributed by atoms with E-state index in [1.807, 2.05) is 0 Å². The van der Waals surface area contributed by atoms with Crippen LogP contribution < -0.4 is 11.2 Å². The average Bonchev–Trinajstić information content (AvgIpc) is 2.81. The van der Waals surface area contributed by atoms with Crippen molar-refractivity contribution in [3.05, 3.63) is 68.0 Å². The monoisotopic (exact) mass is 329 g/mol. The molecule has 2 heterocycles. The molecule has 1 aromatic heterocycles. The van der Waals surface area contributed by atoms with Gasteiger partial charge in [0.15, 0.2) is 0 Å². The van der Waals surface area contributed by atoms with Gasteiger partial charge in [-0.25, -0.2) is 4.79 Å². The van der Waals surface area contributed by atoms with E-state index in [0.29, 0.717) is 16.7 Å². The summed E-state index contributed by atoms with van der Waals surface area (Å²) in [6, 6.07) is 6.63. The highest BCUT2D eigenvalue weighted by Gasteiger charge is 2.34. The molecule has 1 N–H and O–H groups in total. The third-order valence-corrected chi connectivity index (χ3v) is 3.76. The Labute approximate surface area is 136 Å². The van der Waals surface area contributed by atoms with Crippen molar-refractivity contribution in [3.63, 3.8) is 0 Å². The predicted molar refractivity (Wildman–Crippen MR) is 83.8 cm³/mol. The number of aryl methyl sites for hydroxylation is 1. The van der Waals surface area contributed by atoms with Crippen LogP contribution in [0.1, 0.15) is 26.3 Å². The zero-order valence-electron chi connectivity index (χ0n) is 12.9. The van der Waals surface area contributed by atoms with E-state index in [0.717, 1.165) is 4.90 Å². The topological polar surface area (TPSA) is 101 Å². The Kier molecular flexibility index (Phi) is 4.13. The van der Waals surface area contributed by atoms with Crippen LogP contribution in [0.5, 0.6) is 0 Å². The summed E-state index contributed by atoms with van der Waals surface area (Å²) in [6.45, 7) is 1.66. The quantitative estimate of drug-likeness (QED) is 0.620. The number of nitrogens with one attached hydrogen (secondary N) is 1. The van der Waals surface area contributed by atoms with Crippen LogP contribution in [0.4, 0.5) is 0 Å². The molecule has 1 aliphatic rings. The number of nitrogens with zero attached hydrogens (tertiary/aromatic N) is 2. The Balaban J connectivity index is 1.60. The van der Waals surface area contributed by atoms with Crippen LogP contribution in [-0.2, 0) is 11.5 Å². The van der Waals surface area contributed by atoms with E-state index >= 15 is 0 Å². The van der Waals surface area contributed by atoms with Gasteiger partial charge in [0.1, 0.15) is 6.73 Å². The van der Waals surface area contributed by atoms with Gasteiger partial charge in [-0.3, -0.25) is 28.8 Å². The molecule has 0 unspecified atom stereocenters. The van der Waals surface area contributed by atoms with Crippen molar-refractivity contribution in [1.29, 1.82) is 0 Å². The molecule has 0 aliphatic carbocycles. The van der Waals surface area contributed by atoms with Crippen molar-refractivity contribution in [2.24, 2.45) is 0 Å². The van der Waals surface area contributed by atoms with E-state index in [4.69, 9.17) is 4.74 Å². The predicted octanol–water partition coefficient (Wildman–Crippen LogP) is 0.115. The van der Waals surface area contributed by atoms with Crippen molar-refractivity contribution in [2.75, 3.05) is 13.2 Å². The first kappa shape index (κ1) is 15.9. The van der Waals surface area contributed by atoms with E-state index in [2.05, 4.69) is 4.98 Å². The number of carbonyl (C=O) groups is 2. The number of imide groups is 1. The first-order valence-electron chi connectivity index (χ1n) is 7.32. The summed E-state index contributed by atoms with van der Waals surface area (Å²) < 4.78 is 6.56. The van der Waals surface area contributed by atoms with Gasteiger partial charge in [0.25, 0.3) is 17.4 Å². The van der Waals surface area contributed by atoms with Crippen LogP contribution in [0.2, 0.25) is 0 Å². The van der Waals surface area contributed by atoms with Gasteiger partial charge in [0, 0.05) is 11.8 Å². The van der Waals surface area contributed by atoms with E-state index in [1.54, 1.807) is 31.2 Å². The van der Waals surface area contributed by atoms with Gasteiger partial charge >= 0.3 is 5.69 Å². The van der Waals surface area contributed by atoms with E-state index in [-0.39, 0.29) is 31.7 Å². The van der Waals surface area contributed by atoms with Gasteiger partial charge in [-0.1, -0.05) is 12.1 Å². The van der Waals surface area contributed by atoms with Crippen molar-refractivity contribution >= 4 is 11.8 Å². The van der Waals surface area contributed by atoms with E-state index < -0.39 is 11.2 Å². The molecule has 8 heteroatoms. The second-order valence-corrected chi connectivity index (χ2v) is 5.39. The largest absolute Gasteiger partial charge is 0.359 e. The molecule has 2 aromatic rings. The lowest BCUT2D eigenvalue weighted by atomic mass is 10.1. The summed E-state index contributed by atoms with van der Waals surface area (Å²) in [5.74, 6) is -0.701. The molecular formula is C16H15N3O5. The lowest BCUT2D eigenvalue weighted by Gasteiger charge is -2.14. The van der Waals surface area contributed by atoms with Crippen molar-refractivity contribution in [3.8, 4) is 0 Å². The molecule has 3 rings (SSSR count). The molecule has 0 saturated heterocycles. The average molecular weight is 329 g/mol. The number of hydrogen-bond acceptors (Lipinski definition) is 5. The first-order chi connectivity index (χ1) is 11.5. The summed E-state index contributed by atoms with van der Waals surface area (Å²) in [6.07, 6.45) is 1.39. The lowest BCUT2D eigenvalue weighted by molar-refractivity contribution is 0.0432. The number of carbonyl (C=O) groups excluding carboxylic acids is 2. The SMILES string of the molecule is Cc1cn(COCCN2C(=O)c3ccccc3C2=O)c(=O)[nH]c1=O. The van der Waals surface area contributed by atoms with Gasteiger partial charge in [0.05, 0.1) is 24.3 Å². The van der Waals surface area contributed by atoms with Crippen molar-refractivity contribution < 1.29 is 14.3 Å². The summed E-state index contributed by atoms with van der Waals surface area (Å²) in [4.78, 5) is 50.5. The number of H-pyrrole nitrogens is 1. The lowest BCUT2D eigenvalue weighted by Crippen LogP contribution is -2.34. The zero-order valence-corrected chi connectivity index (χ0v) is 12.9. The number of ether oxygens (including phenoxy) is 1. The number of benzene rings is 1. The summed E-state index contributed by atoms with van der Waals surface area (Å²) >= 11 is 0. The van der Waals surface area contributed by atoms with Gasteiger partial charge in [0.2, 0.25) is 0 Å². The molecule has 2 amide bonds. The second-order valence-electron chi connectivity index (χ2n) is 5.39. The molecule has 0 radical (unpaired) electrons. The Morgan fingerprint density at radius 2 is 1.67 bits per heavy atom. The second kappa shape index (κ2) is 6.25. The molecule has 0 bridgehead atoms. The minimum absolute atomic E-state index is 0.0794. The Hall–Kier alpha value is -3.00. The van der Waals surface area contributed by atoms with Gasteiger partial charge in [-0.15, -0.1) is 0 Å².